The molecule has 1 aliphatic heterocycles. The molecular formula is C16H30Cl2N6O2. The third-order valence-electron chi connectivity index (χ3n) is 4.85. The minimum atomic E-state index is 0. The van der Waals surface area contributed by atoms with Crippen molar-refractivity contribution < 1.29 is 9.32 Å². The van der Waals surface area contributed by atoms with Crippen molar-refractivity contribution in [3.05, 3.63) is 11.7 Å². The summed E-state index contributed by atoms with van der Waals surface area (Å²) < 4.78 is 5.03. The van der Waals surface area contributed by atoms with Gasteiger partial charge in [0.05, 0.1) is 19.6 Å². The lowest BCUT2D eigenvalue weighted by molar-refractivity contribution is -0.123. The number of hydrogen-bond donors (Lipinski definition) is 2. The van der Waals surface area contributed by atoms with Crippen molar-refractivity contribution in [3.63, 3.8) is 0 Å². The first-order chi connectivity index (χ1) is 11.7. The molecule has 3 N–H and O–H groups in total. The molecule has 3 rings (SSSR count). The van der Waals surface area contributed by atoms with Gasteiger partial charge in [-0.05, 0) is 12.8 Å². The van der Waals surface area contributed by atoms with Crippen LogP contribution in [0, 0.1) is 0 Å². The molecule has 0 atom stereocenters. The van der Waals surface area contributed by atoms with Gasteiger partial charge in [-0.3, -0.25) is 14.6 Å². The molecule has 1 aromatic heterocycles. The molecule has 1 aromatic rings. The number of carbonyl (C=O) groups is 1. The van der Waals surface area contributed by atoms with Crippen LogP contribution in [0.25, 0.3) is 0 Å². The molecule has 0 aromatic carbocycles. The summed E-state index contributed by atoms with van der Waals surface area (Å²) in [5.41, 5.74) is 5.47. The van der Waals surface area contributed by atoms with Crippen LogP contribution in [0.15, 0.2) is 4.52 Å². The van der Waals surface area contributed by atoms with Crippen LogP contribution in [0.1, 0.15) is 43.8 Å². The highest BCUT2D eigenvalue weighted by atomic mass is 35.5. The highest BCUT2D eigenvalue weighted by Gasteiger charge is 2.22. The molecule has 2 fully saturated rings. The molecule has 26 heavy (non-hydrogen) atoms. The molecule has 1 saturated heterocycles. The van der Waals surface area contributed by atoms with Gasteiger partial charge < -0.3 is 15.6 Å². The number of nitrogens with zero attached hydrogens (tertiary/aromatic N) is 4. The molecule has 2 heterocycles. The van der Waals surface area contributed by atoms with Crippen molar-refractivity contribution in [2.45, 2.75) is 51.2 Å². The van der Waals surface area contributed by atoms with Crippen LogP contribution in [-0.4, -0.2) is 64.6 Å². The summed E-state index contributed by atoms with van der Waals surface area (Å²) in [7, 11) is 0. The molecule has 8 nitrogen and oxygen atoms in total. The summed E-state index contributed by atoms with van der Waals surface area (Å²) in [6.45, 7) is 5.04. The van der Waals surface area contributed by atoms with Gasteiger partial charge in [-0.15, -0.1) is 24.8 Å². The fourth-order valence-corrected chi connectivity index (χ4v) is 3.47. The Morgan fingerprint density at radius 2 is 1.77 bits per heavy atom. The summed E-state index contributed by atoms with van der Waals surface area (Å²) in [6.07, 6.45) is 6.06. The van der Waals surface area contributed by atoms with Crippen LogP contribution >= 0.6 is 24.8 Å². The van der Waals surface area contributed by atoms with E-state index in [1.54, 1.807) is 0 Å². The van der Waals surface area contributed by atoms with E-state index in [9.17, 15) is 4.79 Å². The smallest absolute Gasteiger partial charge is 0.240 e. The lowest BCUT2D eigenvalue weighted by Crippen LogP contribution is -2.50. The van der Waals surface area contributed by atoms with Crippen molar-refractivity contribution in [2.24, 2.45) is 5.73 Å². The van der Waals surface area contributed by atoms with E-state index >= 15 is 0 Å². The van der Waals surface area contributed by atoms with Gasteiger partial charge in [0.25, 0.3) is 0 Å². The van der Waals surface area contributed by atoms with Crippen LogP contribution in [0.5, 0.6) is 0 Å². The molecule has 0 radical (unpaired) electrons. The maximum absolute atomic E-state index is 12.2. The lowest BCUT2D eigenvalue weighted by atomic mass is 9.95. The molecule has 0 unspecified atom stereocenters. The van der Waals surface area contributed by atoms with Crippen molar-refractivity contribution in [2.75, 3.05) is 32.7 Å². The molecule has 1 aliphatic carbocycles. The zero-order valence-corrected chi connectivity index (χ0v) is 16.7. The number of piperazine rings is 1. The molecule has 2 aliphatic rings. The SMILES string of the molecule is Cl.Cl.NCc1nc(CN2CCN(CC(=O)NC3CCCCC3)CC2)no1. The maximum Gasteiger partial charge on any atom is 0.240 e. The highest BCUT2D eigenvalue weighted by molar-refractivity contribution is 5.85. The molecule has 1 saturated carbocycles. The molecule has 10 heteroatoms. The topological polar surface area (TPSA) is 101 Å². The number of hydrogen-bond acceptors (Lipinski definition) is 7. The van der Waals surface area contributed by atoms with Gasteiger partial charge in [0.15, 0.2) is 5.82 Å². The van der Waals surface area contributed by atoms with Crippen molar-refractivity contribution in [1.82, 2.24) is 25.3 Å². The van der Waals surface area contributed by atoms with Gasteiger partial charge in [0.2, 0.25) is 11.8 Å². The Bertz CT molecular complexity index is 531. The lowest BCUT2D eigenvalue weighted by Gasteiger charge is -2.34. The number of halogens is 2. The van der Waals surface area contributed by atoms with Gasteiger partial charge >= 0.3 is 0 Å². The summed E-state index contributed by atoms with van der Waals surface area (Å²) in [4.78, 5) is 20.9. The van der Waals surface area contributed by atoms with Crippen LogP contribution in [0.4, 0.5) is 0 Å². The highest BCUT2D eigenvalue weighted by Crippen LogP contribution is 2.17. The Hall–Kier alpha value is -0.930. The monoisotopic (exact) mass is 408 g/mol. The van der Waals surface area contributed by atoms with E-state index in [0.29, 0.717) is 30.8 Å². The Morgan fingerprint density at radius 3 is 2.38 bits per heavy atom. The second kappa shape index (κ2) is 11.7. The van der Waals surface area contributed by atoms with Gasteiger partial charge in [0.1, 0.15) is 0 Å². The van der Waals surface area contributed by atoms with Crippen molar-refractivity contribution in [1.29, 1.82) is 0 Å². The summed E-state index contributed by atoms with van der Waals surface area (Å²) in [6, 6.07) is 0.391. The van der Waals surface area contributed by atoms with Gasteiger partial charge in [-0.2, -0.15) is 4.98 Å². The Balaban J connectivity index is 0.00000169. The predicted molar refractivity (Wildman–Crippen MR) is 103 cm³/mol. The minimum Gasteiger partial charge on any atom is -0.352 e. The summed E-state index contributed by atoms with van der Waals surface area (Å²) in [5.74, 6) is 1.32. The fourth-order valence-electron chi connectivity index (χ4n) is 3.47. The van der Waals surface area contributed by atoms with Crippen LogP contribution in [-0.2, 0) is 17.9 Å². The number of rotatable bonds is 6. The average molecular weight is 409 g/mol. The van der Waals surface area contributed by atoms with E-state index in [1.807, 2.05) is 0 Å². The van der Waals surface area contributed by atoms with E-state index in [2.05, 4.69) is 25.3 Å². The standard InChI is InChI=1S/C16H28N6O2.2ClH/c17-10-16-19-14(20-24-16)11-21-6-8-22(9-7-21)12-15(23)18-13-4-2-1-3-5-13;;/h13H,1-12,17H2,(H,18,23);2*1H. The Morgan fingerprint density at radius 1 is 1.12 bits per heavy atom. The molecule has 0 spiro atoms. The first-order valence-corrected chi connectivity index (χ1v) is 8.98. The van der Waals surface area contributed by atoms with Gasteiger partial charge in [-0.1, -0.05) is 24.4 Å². The van der Waals surface area contributed by atoms with E-state index in [-0.39, 0.29) is 37.3 Å². The number of nitrogens with two attached hydrogens (primary N) is 1. The zero-order valence-electron chi connectivity index (χ0n) is 15.1. The Kier molecular flexibility index (Phi) is 10.4. The average Bonchev–Trinajstić information content (AvgIpc) is 3.05. The maximum atomic E-state index is 12.2. The molecule has 0 bridgehead atoms. The summed E-state index contributed by atoms with van der Waals surface area (Å²) in [5, 5.41) is 7.12. The third kappa shape index (κ3) is 7.00. The number of aromatic nitrogens is 2. The zero-order chi connectivity index (χ0) is 16.8. The quantitative estimate of drug-likeness (QED) is 0.721. The minimum absolute atomic E-state index is 0. The normalized spacial score (nSPS) is 19.4. The van der Waals surface area contributed by atoms with Crippen molar-refractivity contribution in [3.8, 4) is 0 Å². The van der Waals surface area contributed by atoms with Crippen LogP contribution in [0.2, 0.25) is 0 Å². The number of amides is 1. The Labute approximate surface area is 167 Å². The molecule has 1 amide bonds. The molecular weight excluding hydrogens is 379 g/mol. The van der Waals surface area contributed by atoms with Crippen molar-refractivity contribution >= 4 is 30.7 Å². The van der Waals surface area contributed by atoms with E-state index in [4.69, 9.17) is 10.3 Å². The van der Waals surface area contributed by atoms with Gasteiger partial charge in [-0.25, -0.2) is 0 Å². The fraction of sp³-hybridized carbons (Fsp3) is 0.812. The third-order valence-corrected chi connectivity index (χ3v) is 4.85. The van der Waals surface area contributed by atoms with Gasteiger partial charge in [0, 0.05) is 32.2 Å². The van der Waals surface area contributed by atoms with Crippen LogP contribution < -0.4 is 11.1 Å². The predicted octanol–water partition coefficient (Wildman–Crippen LogP) is 0.938. The van der Waals surface area contributed by atoms with Crippen LogP contribution in [0.3, 0.4) is 0 Å². The molecule has 150 valence electrons. The first kappa shape index (κ1) is 23.1. The largest absolute Gasteiger partial charge is 0.352 e. The van der Waals surface area contributed by atoms with E-state index in [1.165, 1.54) is 19.3 Å². The van der Waals surface area contributed by atoms with E-state index < -0.39 is 0 Å². The number of carbonyl (C=O) groups excluding carboxylic acids is 1. The first-order valence-electron chi connectivity index (χ1n) is 8.98. The number of nitrogens with one attached hydrogen (secondary N) is 1. The second-order valence-corrected chi connectivity index (χ2v) is 6.76. The second-order valence-electron chi connectivity index (χ2n) is 6.76. The summed E-state index contributed by atoms with van der Waals surface area (Å²) >= 11 is 0. The van der Waals surface area contributed by atoms with E-state index in [0.717, 1.165) is 39.0 Å².